The van der Waals surface area contributed by atoms with Crippen molar-refractivity contribution in [1.29, 1.82) is 0 Å². The van der Waals surface area contributed by atoms with Crippen LogP contribution < -0.4 is 0 Å². The molecular weight excluding hydrogens is 667 g/mol. The minimum atomic E-state index is 0. The van der Waals surface area contributed by atoms with E-state index in [-0.39, 0.29) is 83.5 Å². The zero-order valence-electron chi connectivity index (χ0n) is 33.1. The first-order chi connectivity index (χ1) is 22.4. The maximum atomic E-state index is 12.8. The molecule has 8 heteroatoms. The highest BCUT2D eigenvalue weighted by Gasteiger charge is 2.28. The highest BCUT2D eigenvalue weighted by Crippen LogP contribution is 2.28. The minimum Gasteiger partial charge on any atom is -0.373 e. The number of carbonyl (C=O) groups excluding carboxylic acids is 2. The largest absolute Gasteiger partial charge is 0.373 e. The zero-order chi connectivity index (χ0) is 35.8. The first-order valence-corrected chi connectivity index (χ1v) is 18.5. The monoisotopic (exact) mass is 734 g/mol. The molecule has 0 spiro atoms. The van der Waals surface area contributed by atoms with Gasteiger partial charge in [-0.25, -0.2) is 0 Å². The van der Waals surface area contributed by atoms with Crippen molar-refractivity contribution in [3.63, 3.8) is 0 Å². The number of nitrogens with zero attached hydrogens (tertiary/aromatic N) is 2. The number of Topliss-reactive ketones (excluding diaryl/α,β-unsaturated/α-hetero) is 2. The Labute approximate surface area is 317 Å². The van der Waals surface area contributed by atoms with Crippen molar-refractivity contribution in [2.24, 2.45) is 11.8 Å². The summed E-state index contributed by atoms with van der Waals surface area (Å²) in [6, 6.07) is 16.4. The molecule has 0 unspecified atom stereocenters. The van der Waals surface area contributed by atoms with Crippen molar-refractivity contribution in [3.8, 4) is 0 Å². The van der Waals surface area contributed by atoms with E-state index >= 15 is 0 Å². The van der Waals surface area contributed by atoms with Crippen LogP contribution in [0.2, 0.25) is 0 Å². The molecule has 2 heterocycles. The molecule has 0 aliphatic carbocycles. The van der Waals surface area contributed by atoms with E-state index in [9.17, 15) is 9.59 Å². The molecule has 2 aromatic rings. The molecule has 2 aliphatic heterocycles. The van der Waals surface area contributed by atoms with Gasteiger partial charge in [-0.2, -0.15) is 0 Å². The predicted molar refractivity (Wildman–Crippen MR) is 214 cm³/mol. The number of rotatable bonds is 12. The molecule has 2 aromatic carbocycles. The Hall–Kier alpha value is -1.80. The van der Waals surface area contributed by atoms with Crippen LogP contribution >= 0.6 is 24.8 Å². The Kier molecular flexibility index (Phi) is 18.9. The van der Waals surface area contributed by atoms with Gasteiger partial charge in [0.1, 0.15) is 0 Å². The maximum absolute atomic E-state index is 12.8. The Morgan fingerprint density at radius 2 is 0.860 bits per heavy atom. The van der Waals surface area contributed by atoms with Crippen LogP contribution in [0.4, 0.5) is 0 Å². The third kappa shape index (κ3) is 13.3. The summed E-state index contributed by atoms with van der Waals surface area (Å²) < 4.78 is 11.5. The van der Waals surface area contributed by atoms with Gasteiger partial charge in [0.15, 0.2) is 11.6 Å². The molecule has 0 amide bonds. The maximum Gasteiger partial charge on any atom is 0.166 e. The van der Waals surface area contributed by atoms with Crippen molar-refractivity contribution in [2.75, 3.05) is 39.3 Å². The normalized spacial score (nSPS) is 23.0. The molecule has 284 valence electrons. The van der Waals surface area contributed by atoms with Crippen molar-refractivity contribution in [3.05, 3.63) is 70.8 Å². The molecule has 0 bridgehead atoms. The predicted octanol–water partition coefficient (Wildman–Crippen LogP) is 9.45. The average molecular weight is 736 g/mol. The Bertz CT molecular complexity index is 1190. The SMILES string of the molecule is CCC(C)(C)c1ccc(C(=O)[C@@H](C)CN2C[C@@H](C)O[C@@H](C)C2)cc1.CCC(C)(C)c1ccc(C(=O)[C@H](C)CN2C[C@@H](C)O[C@@H](C)C2)cc1.Cl.Cl. The number of ether oxygens (including phenoxy) is 2. The fraction of sp³-hybridized carbons (Fsp3) is 0.667. The van der Waals surface area contributed by atoms with Gasteiger partial charge >= 0.3 is 0 Å². The Balaban J connectivity index is 0.000000481. The summed E-state index contributed by atoms with van der Waals surface area (Å²) in [5, 5.41) is 0. The van der Waals surface area contributed by atoms with Gasteiger partial charge in [-0.15, -0.1) is 24.8 Å². The molecule has 2 fully saturated rings. The van der Waals surface area contributed by atoms with Crippen LogP contribution in [0.5, 0.6) is 0 Å². The summed E-state index contributed by atoms with van der Waals surface area (Å²) in [6.07, 6.45) is 3.14. The number of benzene rings is 2. The van der Waals surface area contributed by atoms with E-state index in [1.54, 1.807) is 0 Å². The molecule has 50 heavy (non-hydrogen) atoms. The lowest BCUT2D eigenvalue weighted by molar-refractivity contribution is -0.0702. The average Bonchev–Trinajstić information content (AvgIpc) is 3.03. The van der Waals surface area contributed by atoms with Gasteiger partial charge in [0, 0.05) is 62.2 Å². The molecule has 4 rings (SSSR count). The second kappa shape index (κ2) is 20.4. The summed E-state index contributed by atoms with van der Waals surface area (Å²) in [4.78, 5) is 30.2. The molecule has 6 nitrogen and oxygen atoms in total. The van der Waals surface area contributed by atoms with Crippen LogP contribution in [0.1, 0.15) is 128 Å². The number of halogens is 2. The van der Waals surface area contributed by atoms with Gasteiger partial charge in [-0.05, 0) is 62.5 Å². The highest BCUT2D eigenvalue weighted by molar-refractivity contribution is 5.98. The van der Waals surface area contributed by atoms with Gasteiger partial charge in [0.25, 0.3) is 0 Å². The molecule has 0 aromatic heterocycles. The van der Waals surface area contributed by atoms with Crippen LogP contribution in [-0.2, 0) is 20.3 Å². The lowest BCUT2D eigenvalue weighted by Gasteiger charge is -2.36. The van der Waals surface area contributed by atoms with E-state index in [0.29, 0.717) is 0 Å². The quantitative estimate of drug-likeness (QED) is 0.203. The fourth-order valence-electron chi connectivity index (χ4n) is 6.96. The first kappa shape index (κ1) is 46.2. The second-order valence-corrected chi connectivity index (χ2v) is 16.1. The molecule has 0 radical (unpaired) electrons. The number of morpholine rings is 2. The summed E-state index contributed by atoms with van der Waals surface area (Å²) in [6.45, 7) is 31.1. The van der Waals surface area contributed by atoms with Crippen molar-refractivity contribution in [1.82, 2.24) is 9.80 Å². The van der Waals surface area contributed by atoms with Crippen molar-refractivity contribution < 1.29 is 19.1 Å². The van der Waals surface area contributed by atoms with E-state index in [0.717, 1.165) is 63.2 Å². The van der Waals surface area contributed by atoms with Crippen LogP contribution in [0.3, 0.4) is 0 Å². The van der Waals surface area contributed by atoms with E-state index in [1.807, 2.05) is 38.1 Å². The van der Waals surface area contributed by atoms with Gasteiger partial charge in [0.2, 0.25) is 0 Å². The van der Waals surface area contributed by atoms with E-state index < -0.39 is 0 Å². The minimum absolute atomic E-state index is 0. The fourth-order valence-corrected chi connectivity index (χ4v) is 6.96. The molecule has 2 saturated heterocycles. The van der Waals surface area contributed by atoms with Crippen molar-refractivity contribution in [2.45, 2.75) is 131 Å². The van der Waals surface area contributed by atoms with E-state index in [1.165, 1.54) is 11.1 Å². The highest BCUT2D eigenvalue weighted by atomic mass is 35.5. The smallest absolute Gasteiger partial charge is 0.166 e. The molecule has 2 aliphatic rings. The molecule has 0 saturated carbocycles. The standard InChI is InChI=1S/2C21H33NO2.2ClH/c2*1-7-21(5,6)19-10-8-18(9-11-19)20(23)15(2)12-22-13-16(3)24-17(4)14-22;;/h2*8-11,15-17H,7,12-14H2,1-6H3;2*1H/t2*15-,16-,17+;;/m10../s1. The Morgan fingerprint density at radius 3 is 1.10 bits per heavy atom. The molecule has 0 N–H and O–H groups in total. The first-order valence-electron chi connectivity index (χ1n) is 18.5. The van der Waals surface area contributed by atoms with Gasteiger partial charge in [-0.1, -0.05) is 104 Å². The molecule has 6 atom stereocenters. The van der Waals surface area contributed by atoms with Crippen LogP contribution in [0.15, 0.2) is 48.5 Å². The third-order valence-corrected chi connectivity index (χ3v) is 10.6. The van der Waals surface area contributed by atoms with Crippen LogP contribution in [0.25, 0.3) is 0 Å². The summed E-state index contributed by atoms with van der Waals surface area (Å²) in [5.41, 5.74) is 4.57. The van der Waals surface area contributed by atoms with Crippen LogP contribution in [0, 0.1) is 11.8 Å². The summed E-state index contributed by atoms with van der Waals surface area (Å²) in [7, 11) is 0. The lowest BCUT2D eigenvalue weighted by atomic mass is 9.81. The van der Waals surface area contributed by atoms with E-state index in [2.05, 4.69) is 103 Å². The number of hydrogen-bond acceptors (Lipinski definition) is 6. The van der Waals surface area contributed by atoms with E-state index in [4.69, 9.17) is 9.47 Å². The third-order valence-electron chi connectivity index (χ3n) is 10.6. The Morgan fingerprint density at radius 1 is 0.600 bits per heavy atom. The zero-order valence-corrected chi connectivity index (χ0v) is 34.7. The van der Waals surface area contributed by atoms with Crippen LogP contribution in [-0.4, -0.2) is 85.1 Å². The number of hydrogen-bond donors (Lipinski definition) is 0. The topological polar surface area (TPSA) is 59.1 Å². The van der Waals surface area contributed by atoms with Gasteiger partial charge < -0.3 is 9.47 Å². The number of ketones is 2. The molecular formula is C42H68Cl2N2O4. The second-order valence-electron chi connectivity index (χ2n) is 16.1. The van der Waals surface area contributed by atoms with Gasteiger partial charge in [-0.3, -0.25) is 19.4 Å². The van der Waals surface area contributed by atoms with Gasteiger partial charge in [0.05, 0.1) is 24.4 Å². The summed E-state index contributed by atoms with van der Waals surface area (Å²) >= 11 is 0. The number of carbonyl (C=O) groups is 2. The lowest BCUT2D eigenvalue weighted by Crippen LogP contribution is -2.47. The summed E-state index contributed by atoms with van der Waals surface area (Å²) in [5.74, 6) is 0.491. The van der Waals surface area contributed by atoms with Crippen molar-refractivity contribution >= 4 is 36.4 Å².